The van der Waals surface area contributed by atoms with Crippen LogP contribution in [0.15, 0.2) is 9.39 Å². The number of hydrogen-bond donors (Lipinski definition) is 6. The molecule has 5 N–H and O–H groups in total. The molecule has 0 saturated carbocycles. The van der Waals surface area contributed by atoms with Crippen molar-refractivity contribution in [3.8, 4) is 0 Å². The van der Waals surface area contributed by atoms with Gasteiger partial charge in [0.05, 0.1) is 6.26 Å². The van der Waals surface area contributed by atoms with Crippen LogP contribution in [0.1, 0.15) is 0 Å². The van der Waals surface area contributed by atoms with Crippen LogP contribution < -0.4 is 14.0 Å². The molecule has 0 bridgehead atoms. The number of nitrogens with two attached hydrogens (primary N) is 1. The lowest BCUT2D eigenvalue weighted by Crippen LogP contribution is -2.41. The van der Waals surface area contributed by atoms with Crippen LogP contribution in [-0.2, 0) is 14.9 Å². The van der Waals surface area contributed by atoms with E-state index in [4.69, 9.17) is 9.69 Å². The van der Waals surface area contributed by atoms with Gasteiger partial charge in [-0.2, -0.15) is 12.5 Å². The molecule has 2 aliphatic rings. The summed E-state index contributed by atoms with van der Waals surface area (Å²) in [4.78, 5) is 14.9. The fraction of sp³-hybridized carbons (Fsp3) is 0.250. The summed E-state index contributed by atoms with van der Waals surface area (Å²) in [7, 11) is -3.67. The number of carbonyl (C=O) groups excluding carboxylic acids is 1. The molecule has 94 valence electrons. The second-order valence-corrected chi connectivity index (χ2v) is 7.15. The average molecular weight is 289 g/mol. The van der Waals surface area contributed by atoms with E-state index in [2.05, 4.69) is 18.2 Å². The third-order valence-corrected chi connectivity index (χ3v) is 4.29. The maximum Gasteiger partial charge on any atom is 0.287 e. The number of fused-ring (bicyclic) bond motifs is 1. The summed E-state index contributed by atoms with van der Waals surface area (Å²) in [6, 6.07) is 0. The van der Waals surface area contributed by atoms with E-state index >= 15 is 0 Å². The summed E-state index contributed by atoms with van der Waals surface area (Å²) >= 11 is -2.02. The van der Waals surface area contributed by atoms with Gasteiger partial charge in [0, 0.05) is 0 Å². The second-order valence-electron chi connectivity index (χ2n) is 2.64. The molecule has 0 radical (unpaired) electrons. The van der Waals surface area contributed by atoms with Gasteiger partial charge in [0.15, 0.2) is 5.04 Å². The molecular formula is C4H11N5O4S3. The zero-order valence-corrected chi connectivity index (χ0v) is 10.6. The lowest BCUT2D eigenvalue weighted by molar-refractivity contribution is -0.112. The van der Waals surface area contributed by atoms with Crippen molar-refractivity contribution < 1.29 is 17.8 Å². The van der Waals surface area contributed by atoms with Gasteiger partial charge in [0.2, 0.25) is 0 Å². The van der Waals surface area contributed by atoms with Crippen LogP contribution in [0.25, 0.3) is 0 Å². The molecule has 1 saturated heterocycles. The largest absolute Gasteiger partial charge is 0.291 e. The smallest absolute Gasteiger partial charge is 0.287 e. The molecular weight excluding hydrogens is 278 g/mol. The molecule has 2 aliphatic heterocycles. The summed E-state index contributed by atoms with van der Waals surface area (Å²) in [5, 5.41) is 5.95. The van der Waals surface area contributed by atoms with Crippen LogP contribution in [0.3, 0.4) is 0 Å². The van der Waals surface area contributed by atoms with Crippen molar-refractivity contribution in [2.45, 2.75) is 0 Å². The van der Waals surface area contributed by atoms with E-state index in [0.717, 1.165) is 0 Å². The Labute approximate surface area is 97.7 Å². The topological polar surface area (TPSA) is 146 Å². The molecule has 2 unspecified atom stereocenters. The summed E-state index contributed by atoms with van der Waals surface area (Å²) < 4.78 is 35.3. The summed E-state index contributed by atoms with van der Waals surface area (Å²) in [5.74, 6) is -0.194. The van der Waals surface area contributed by atoms with E-state index in [1.165, 1.54) is 6.34 Å². The Balaban J connectivity index is 0.000000221. The zero-order chi connectivity index (χ0) is 12.3. The second kappa shape index (κ2) is 5.11. The minimum atomic E-state index is -3.67. The maximum absolute atomic E-state index is 11.1. The van der Waals surface area contributed by atoms with Crippen LogP contribution in [0.2, 0.25) is 0 Å². The van der Waals surface area contributed by atoms with Crippen molar-refractivity contribution in [3.63, 3.8) is 0 Å². The van der Waals surface area contributed by atoms with Crippen molar-refractivity contribution in [2.24, 2.45) is 14.5 Å². The van der Waals surface area contributed by atoms with Crippen LogP contribution >= 0.6 is 22.7 Å². The minimum Gasteiger partial charge on any atom is -0.291 e. The highest BCUT2D eigenvalue weighted by Crippen LogP contribution is 2.35. The van der Waals surface area contributed by atoms with E-state index < -0.39 is 32.8 Å². The highest BCUT2D eigenvalue weighted by atomic mass is 32.3. The molecule has 9 nitrogen and oxygen atoms in total. The molecule has 2 atom stereocenters. The Morgan fingerprint density at radius 1 is 1.56 bits per heavy atom. The fourth-order valence-electron chi connectivity index (χ4n) is 0.756. The van der Waals surface area contributed by atoms with Gasteiger partial charge in [0.1, 0.15) is 6.34 Å². The molecule has 0 spiro atoms. The number of hydrogen-bond acceptors (Lipinski definition) is 7. The lowest BCUT2D eigenvalue weighted by Gasteiger charge is -2.29. The molecule has 16 heavy (non-hydrogen) atoms. The Kier molecular flexibility index (Phi) is 4.28. The van der Waals surface area contributed by atoms with Crippen molar-refractivity contribution in [2.75, 3.05) is 6.26 Å². The SMILES string of the molecule is CS(=O)(=O)O.N[SH]1NC(=O)C2=NC=N[SH]2N1. The number of nitrogens with one attached hydrogen (secondary N) is 2. The van der Waals surface area contributed by atoms with Crippen LogP contribution in [-0.4, -0.2) is 36.5 Å². The van der Waals surface area contributed by atoms with Crippen molar-refractivity contribution in [1.29, 1.82) is 0 Å². The van der Waals surface area contributed by atoms with E-state index in [-0.39, 0.29) is 5.91 Å². The Morgan fingerprint density at radius 2 is 2.12 bits per heavy atom. The molecule has 0 aromatic carbocycles. The summed E-state index contributed by atoms with van der Waals surface area (Å²) in [6.45, 7) is 0. The minimum absolute atomic E-state index is 0.194. The Bertz CT molecular complexity index is 437. The summed E-state index contributed by atoms with van der Waals surface area (Å²) in [6.07, 6.45) is 2.11. The van der Waals surface area contributed by atoms with Crippen LogP contribution in [0.5, 0.6) is 0 Å². The highest BCUT2D eigenvalue weighted by molar-refractivity contribution is 8.38. The molecule has 2 rings (SSSR count). The van der Waals surface area contributed by atoms with Gasteiger partial charge >= 0.3 is 0 Å². The van der Waals surface area contributed by atoms with Gasteiger partial charge in [-0.1, -0.05) is 11.5 Å². The van der Waals surface area contributed by atoms with Gasteiger partial charge in [0.25, 0.3) is 16.0 Å². The zero-order valence-electron chi connectivity index (χ0n) is 8.02. The molecule has 12 heteroatoms. The van der Waals surface area contributed by atoms with E-state index in [1.807, 2.05) is 0 Å². The fourth-order valence-corrected chi connectivity index (χ4v) is 3.44. The predicted octanol–water partition coefficient (Wildman–Crippen LogP) is -1.81. The molecule has 1 amide bonds. The van der Waals surface area contributed by atoms with Gasteiger partial charge in [-0.15, -0.1) is 0 Å². The third kappa shape index (κ3) is 4.46. The predicted molar refractivity (Wildman–Crippen MR) is 66.8 cm³/mol. The standard InChI is InChI=1S/C3H7N5OS2.CH4O3S/c4-11-7-2(9)3-5-1-6-10(3)8-11;1-5(2,3)4/h1,8,10-11H,4H2,(H,7,9);1H3,(H,2,3,4). The van der Waals surface area contributed by atoms with Gasteiger partial charge in [-0.05, 0) is 11.3 Å². The summed E-state index contributed by atoms with van der Waals surface area (Å²) in [5.41, 5.74) is 0. The Hall–Kier alpha value is -0.660. The van der Waals surface area contributed by atoms with E-state index in [0.29, 0.717) is 11.3 Å². The number of amides is 1. The molecule has 0 aliphatic carbocycles. The number of thiol groups is 2. The first-order valence-electron chi connectivity index (χ1n) is 3.72. The van der Waals surface area contributed by atoms with E-state index in [9.17, 15) is 13.2 Å². The van der Waals surface area contributed by atoms with Crippen molar-refractivity contribution >= 4 is 50.1 Å². The average Bonchev–Trinajstić information content (AvgIpc) is 2.47. The lowest BCUT2D eigenvalue weighted by atomic mass is 10.7. The Morgan fingerprint density at radius 3 is 2.69 bits per heavy atom. The molecule has 2 heterocycles. The number of carbonyl (C=O) groups is 1. The first-order valence-corrected chi connectivity index (χ1v) is 8.27. The van der Waals surface area contributed by atoms with Crippen LogP contribution in [0.4, 0.5) is 0 Å². The van der Waals surface area contributed by atoms with Gasteiger partial charge < -0.3 is 0 Å². The molecule has 1 fully saturated rings. The first-order chi connectivity index (χ1) is 7.27. The monoisotopic (exact) mass is 289 g/mol. The maximum atomic E-state index is 11.1. The van der Waals surface area contributed by atoms with E-state index in [1.54, 1.807) is 0 Å². The normalized spacial score (nSPS) is 31.9. The molecule has 0 aromatic rings. The highest BCUT2D eigenvalue weighted by Gasteiger charge is 2.28. The quantitative estimate of drug-likeness (QED) is 0.229. The number of rotatable bonds is 0. The van der Waals surface area contributed by atoms with Gasteiger partial charge in [-0.25, -0.2) is 9.39 Å². The van der Waals surface area contributed by atoms with Crippen molar-refractivity contribution in [1.82, 2.24) is 8.85 Å². The number of aliphatic imine (C=N–C) groups is 1. The first kappa shape index (κ1) is 13.4. The van der Waals surface area contributed by atoms with Crippen molar-refractivity contribution in [3.05, 3.63) is 0 Å². The van der Waals surface area contributed by atoms with Crippen LogP contribution in [0, 0.1) is 0 Å². The third-order valence-electron chi connectivity index (χ3n) is 1.18. The molecule has 0 aromatic heterocycles. The number of nitrogens with zero attached hydrogens (tertiary/aromatic N) is 2. The van der Waals surface area contributed by atoms with Gasteiger partial charge in [-0.3, -0.25) is 19.2 Å².